The van der Waals surface area contributed by atoms with E-state index in [0.717, 1.165) is 0 Å². The number of halogens is 2. The molecule has 2 N–H and O–H groups in total. The maximum atomic E-state index is 12.0. The summed E-state index contributed by atoms with van der Waals surface area (Å²) < 4.78 is 10.3. The molecule has 0 bridgehead atoms. The predicted octanol–water partition coefficient (Wildman–Crippen LogP) is 3.69. The van der Waals surface area contributed by atoms with Crippen LogP contribution in [0.3, 0.4) is 0 Å². The minimum atomic E-state index is -0.788. The summed E-state index contributed by atoms with van der Waals surface area (Å²) in [7, 11) is 1.29. The summed E-state index contributed by atoms with van der Waals surface area (Å²) in [6, 6.07) is 13.1. The fourth-order valence-electron chi connectivity index (χ4n) is 2.26. The molecule has 0 saturated carbocycles. The highest BCUT2D eigenvalue weighted by atomic mass is 35.5. The second-order valence-electron chi connectivity index (χ2n) is 5.59. The monoisotopic (exact) mass is 410 g/mol. The van der Waals surface area contributed by atoms with Gasteiger partial charge in [0.25, 0.3) is 0 Å². The van der Waals surface area contributed by atoms with Gasteiger partial charge in [0, 0.05) is 11.4 Å². The molecule has 2 aromatic carbocycles. The molecular formula is C19H20Cl2N2O4. The van der Waals surface area contributed by atoms with Crippen molar-refractivity contribution in [3.8, 4) is 5.75 Å². The van der Waals surface area contributed by atoms with Gasteiger partial charge in [0.1, 0.15) is 11.8 Å². The second-order valence-corrected chi connectivity index (χ2v) is 6.43. The van der Waals surface area contributed by atoms with Gasteiger partial charge in [-0.3, -0.25) is 10.2 Å². The van der Waals surface area contributed by atoms with E-state index in [2.05, 4.69) is 10.9 Å². The number of benzene rings is 2. The van der Waals surface area contributed by atoms with E-state index < -0.39 is 12.0 Å². The number of nitrogens with one attached hydrogen (secondary N) is 2. The van der Waals surface area contributed by atoms with Gasteiger partial charge in [0.2, 0.25) is 5.91 Å². The van der Waals surface area contributed by atoms with Crippen LogP contribution in [-0.4, -0.2) is 25.6 Å². The Morgan fingerprint density at radius 3 is 2.52 bits per heavy atom. The van der Waals surface area contributed by atoms with E-state index in [1.54, 1.807) is 42.5 Å². The number of hydrogen-bond acceptors (Lipinski definition) is 5. The lowest BCUT2D eigenvalue weighted by Gasteiger charge is -2.17. The molecule has 2 aromatic rings. The summed E-state index contributed by atoms with van der Waals surface area (Å²) in [6.07, 6.45) is 0.682. The first-order valence-corrected chi connectivity index (χ1v) is 9.02. The first-order chi connectivity index (χ1) is 13.0. The Morgan fingerprint density at radius 2 is 1.85 bits per heavy atom. The first kappa shape index (κ1) is 21.0. The fraction of sp³-hybridized carbons (Fsp3) is 0.263. The summed E-state index contributed by atoms with van der Waals surface area (Å²) in [6.45, 7) is 0.313. The van der Waals surface area contributed by atoms with Crippen LogP contribution in [-0.2, 0) is 14.3 Å². The Hall–Kier alpha value is -2.28. The van der Waals surface area contributed by atoms with Gasteiger partial charge in [-0.05, 0) is 30.2 Å². The van der Waals surface area contributed by atoms with Crippen molar-refractivity contribution < 1.29 is 19.1 Å². The molecule has 2 rings (SSSR count). The number of hydrogen-bond donors (Lipinski definition) is 2. The summed E-state index contributed by atoms with van der Waals surface area (Å²) >= 11 is 11.8. The molecule has 0 aliphatic rings. The highest BCUT2D eigenvalue weighted by Crippen LogP contribution is 2.27. The molecule has 1 atom stereocenters. The Bertz CT molecular complexity index is 772. The second kappa shape index (κ2) is 10.8. The van der Waals surface area contributed by atoms with Crippen molar-refractivity contribution in [1.82, 2.24) is 10.9 Å². The smallest absolute Gasteiger partial charge is 0.329 e. The van der Waals surface area contributed by atoms with Gasteiger partial charge in [-0.2, -0.15) is 0 Å². The van der Waals surface area contributed by atoms with E-state index in [1.165, 1.54) is 7.11 Å². The number of ether oxygens (including phenoxy) is 2. The van der Waals surface area contributed by atoms with E-state index >= 15 is 0 Å². The van der Waals surface area contributed by atoms with Crippen molar-refractivity contribution in [1.29, 1.82) is 0 Å². The standard InChI is InChI=1S/C19H20Cl2N2O4/c1-26-19(25)18(13-6-3-2-4-7-13)23-22-17(24)8-5-11-27-16-10-9-14(20)12-15(16)21/h2-4,6-7,9-10,12,18,23H,5,8,11H2,1H3,(H,22,24)/t18-/m1/s1. The zero-order valence-electron chi connectivity index (χ0n) is 14.7. The quantitative estimate of drug-likeness (QED) is 0.374. The van der Waals surface area contributed by atoms with Crippen molar-refractivity contribution >= 4 is 35.1 Å². The van der Waals surface area contributed by atoms with E-state index in [1.807, 2.05) is 6.07 Å². The van der Waals surface area contributed by atoms with Crippen molar-refractivity contribution in [2.45, 2.75) is 18.9 Å². The Morgan fingerprint density at radius 1 is 1.11 bits per heavy atom. The number of amides is 1. The summed E-state index contributed by atoms with van der Waals surface area (Å²) in [5.41, 5.74) is 5.92. The largest absolute Gasteiger partial charge is 0.492 e. The molecule has 0 fully saturated rings. The maximum Gasteiger partial charge on any atom is 0.329 e. The van der Waals surface area contributed by atoms with Crippen LogP contribution in [0.4, 0.5) is 0 Å². The molecule has 6 nitrogen and oxygen atoms in total. The zero-order chi connectivity index (χ0) is 19.6. The van der Waals surface area contributed by atoms with Gasteiger partial charge in [0.15, 0.2) is 0 Å². The lowest BCUT2D eigenvalue weighted by atomic mass is 10.1. The van der Waals surface area contributed by atoms with Crippen LogP contribution in [0.1, 0.15) is 24.4 Å². The van der Waals surface area contributed by atoms with Gasteiger partial charge in [-0.25, -0.2) is 10.2 Å². The van der Waals surface area contributed by atoms with Crippen LogP contribution in [0.25, 0.3) is 0 Å². The third-order valence-electron chi connectivity index (χ3n) is 3.63. The van der Waals surface area contributed by atoms with E-state index in [-0.39, 0.29) is 12.3 Å². The summed E-state index contributed by atoms with van der Waals surface area (Å²) in [5, 5.41) is 0.939. The molecule has 0 spiro atoms. The van der Waals surface area contributed by atoms with Gasteiger partial charge in [0.05, 0.1) is 18.7 Å². The summed E-state index contributed by atoms with van der Waals surface area (Å²) in [4.78, 5) is 23.9. The number of rotatable bonds is 9. The number of esters is 1. The molecule has 0 aliphatic carbocycles. The van der Waals surface area contributed by atoms with Crippen molar-refractivity contribution in [2.75, 3.05) is 13.7 Å². The third kappa shape index (κ3) is 6.75. The SMILES string of the molecule is COC(=O)[C@H](NNC(=O)CCCOc1ccc(Cl)cc1Cl)c1ccccc1. The molecular weight excluding hydrogens is 391 g/mol. The number of carbonyl (C=O) groups is 2. The molecule has 0 aromatic heterocycles. The van der Waals surface area contributed by atoms with E-state index in [9.17, 15) is 9.59 Å². The first-order valence-electron chi connectivity index (χ1n) is 8.26. The maximum absolute atomic E-state index is 12.0. The lowest BCUT2D eigenvalue weighted by Crippen LogP contribution is -2.43. The topological polar surface area (TPSA) is 76.7 Å². The highest BCUT2D eigenvalue weighted by molar-refractivity contribution is 6.35. The molecule has 8 heteroatoms. The normalized spacial score (nSPS) is 11.5. The van der Waals surface area contributed by atoms with Crippen LogP contribution in [0, 0.1) is 0 Å². The van der Waals surface area contributed by atoms with Crippen LogP contribution in [0.2, 0.25) is 10.0 Å². The van der Waals surface area contributed by atoms with Crippen molar-refractivity contribution in [3.63, 3.8) is 0 Å². The molecule has 1 amide bonds. The average Bonchev–Trinajstić information content (AvgIpc) is 2.67. The zero-order valence-corrected chi connectivity index (χ0v) is 16.2. The number of carbonyl (C=O) groups excluding carboxylic acids is 2. The Labute approximate surface area is 167 Å². The molecule has 0 heterocycles. The number of hydrazine groups is 1. The highest BCUT2D eigenvalue weighted by Gasteiger charge is 2.21. The van der Waals surface area contributed by atoms with Gasteiger partial charge >= 0.3 is 5.97 Å². The molecule has 0 radical (unpaired) electrons. The lowest BCUT2D eigenvalue weighted by molar-refractivity contribution is -0.143. The third-order valence-corrected chi connectivity index (χ3v) is 4.16. The van der Waals surface area contributed by atoms with Gasteiger partial charge in [-0.1, -0.05) is 53.5 Å². The van der Waals surface area contributed by atoms with E-state index in [0.29, 0.717) is 34.4 Å². The van der Waals surface area contributed by atoms with Crippen LogP contribution >= 0.6 is 23.2 Å². The van der Waals surface area contributed by atoms with Crippen molar-refractivity contribution in [3.05, 3.63) is 64.1 Å². The average molecular weight is 411 g/mol. The Balaban J connectivity index is 1.76. The molecule has 0 saturated heterocycles. The Kier molecular flexibility index (Phi) is 8.39. The minimum absolute atomic E-state index is 0.209. The summed E-state index contributed by atoms with van der Waals surface area (Å²) in [5.74, 6) is -0.262. The van der Waals surface area contributed by atoms with Gasteiger partial charge < -0.3 is 9.47 Å². The van der Waals surface area contributed by atoms with Gasteiger partial charge in [-0.15, -0.1) is 0 Å². The minimum Gasteiger partial charge on any atom is -0.492 e. The van der Waals surface area contributed by atoms with E-state index in [4.69, 9.17) is 32.7 Å². The fourth-order valence-corrected chi connectivity index (χ4v) is 2.73. The molecule has 0 unspecified atom stereocenters. The van der Waals surface area contributed by atoms with Crippen molar-refractivity contribution in [2.24, 2.45) is 0 Å². The van der Waals surface area contributed by atoms with Crippen LogP contribution in [0.15, 0.2) is 48.5 Å². The molecule has 0 aliphatic heterocycles. The molecule has 27 heavy (non-hydrogen) atoms. The molecule has 144 valence electrons. The van der Waals surface area contributed by atoms with Crippen LogP contribution in [0.5, 0.6) is 5.75 Å². The predicted molar refractivity (Wildman–Crippen MR) is 104 cm³/mol. The number of methoxy groups -OCH3 is 1. The van der Waals surface area contributed by atoms with Crippen LogP contribution < -0.4 is 15.6 Å².